The number of aliphatic imine (C=N–C) groups is 1. The van der Waals surface area contributed by atoms with Crippen LogP contribution in [0.4, 0.5) is 0 Å². The number of nitrogens with zero attached hydrogens (tertiary/aromatic N) is 2. The average Bonchev–Trinajstić information content (AvgIpc) is 3.48. The fourth-order valence-corrected chi connectivity index (χ4v) is 4.40. The monoisotopic (exact) mass is 665 g/mol. The molecule has 0 radical (unpaired) electrons. The van der Waals surface area contributed by atoms with Crippen molar-refractivity contribution in [3.8, 4) is 0 Å². The largest absolute Gasteiger partial charge is 0.480 e. The highest BCUT2D eigenvalue weighted by Gasteiger charge is 2.29. The van der Waals surface area contributed by atoms with Crippen molar-refractivity contribution in [2.75, 3.05) is 13.1 Å². The average molecular weight is 666 g/mol. The van der Waals surface area contributed by atoms with Gasteiger partial charge in [-0.25, -0.2) is 9.78 Å². The molecule has 264 valence electrons. The fourth-order valence-electron chi connectivity index (χ4n) is 4.40. The summed E-state index contributed by atoms with van der Waals surface area (Å²) in [7, 11) is 0. The smallest absolute Gasteiger partial charge is 0.326 e. The molecule has 0 spiro atoms. The Morgan fingerprint density at radius 1 is 0.851 bits per heavy atom. The minimum absolute atomic E-state index is 0.0459. The van der Waals surface area contributed by atoms with E-state index in [4.69, 9.17) is 17.2 Å². The van der Waals surface area contributed by atoms with E-state index in [2.05, 4.69) is 41.5 Å². The topological polar surface area (TPSA) is 302 Å². The maximum atomic E-state index is 13.1. The number of amides is 5. The first kappa shape index (κ1) is 40.3. The summed E-state index contributed by atoms with van der Waals surface area (Å²) in [6, 6.07) is -5.34. The number of nitrogens with two attached hydrogens (primary N) is 3. The molecule has 1 aromatic heterocycles. The molecule has 0 aliphatic carbocycles. The number of nitrogens with one attached hydrogen (secondary N) is 6. The highest BCUT2D eigenvalue weighted by Crippen LogP contribution is 2.07. The van der Waals surface area contributed by atoms with Gasteiger partial charge in [0.15, 0.2) is 5.96 Å². The normalized spacial score (nSPS) is 14.2. The van der Waals surface area contributed by atoms with Gasteiger partial charge in [0.1, 0.15) is 24.2 Å². The van der Waals surface area contributed by atoms with Gasteiger partial charge in [-0.3, -0.25) is 29.0 Å². The molecule has 18 nitrogen and oxygen atoms in total. The molecule has 0 aliphatic rings. The molecule has 13 N–H and O–H groups in total. The number of carboxylic acids is 1. The maximum absolute atomic E-state index is 13.1. The third-order valence-corrected chi connectivity index (χ3v) is 6.77. The second-order valence-electron chi connectivity index (χ2n) is 12.1. The number of aromatic nitrogens is 2. The Bertz CT molecular complexity index is 1220. The molecule has 1 aromatic rings. The summed E-state index contributed by atoms with van der Waals surface area (Å²) in [5.74, 6) is -4.57. The summed E-state index contributed by atoms with van der Waals surface area (Å²) in [4.78, 5) is 86.5. The van der Waals surface area contributed by atoms with E-state index < -0.39 is 72.3 Å². The molecule has 1 rings (SSSR count). The first-order valence-electron chi connectivity index (χ1n) is 15.5. The van der Waals surface area contributed by atoms with E-state index in [1.54, 1.807) is 0 Å². The van der Waals surface area contributed by atoms with E-state index in [0.29, 0.717) is 12.1 Å². The minimum Gasteiger partial charge on any atom is -0.480 e. The van der Waals surface area contributed by atoms with Crippen LogP contribution in [0.2, 0.25) is 0 Å². The Kier molecular flexibility index (Phi) is 17.5. The van der Waals surface area contributed by atoms with E-state index in [0.717, 1.165) is 0 Å². The lowest BCUT2D eigenvalue weighted by molar-refractivity contribution is -0.142. The first-order chi connectivity index (χ1) is 22.0. The van der Waals surface area contributed by atoms with Crippen molar-refractivity contribution in [3.05, 3.63) is 18.2 Å². The van der Waals surface area contributed by atoms with Crippen LogP contribution in [0.25, 0.3) is 0 Å². The number of hydrogen-bond donors (Lipinski definition) is 10. The zero-order valence-electron chi connectivity index (χ0n) is 27.7. The van der Waals surface area contributed by atoms with Crippen LogP contribution >= 0.6 is 0 Å². The van der Waals surface area contributed by atoms with Crippen LogP contribution < -0.4 is 43.8 Å². The van der Waals surface area contributed by atoms with Crippen molar-refractivity contribution < 1.29 is 33.9 Å². The van der Waals surface area contributed by atoms with Gasteiger partial charge in [0.2, 0.25) is 29.5 Å². The van der Waals surface area contributed by atoms with Gasteiger partial charge < -0.3 is 53.9 Å². The molecule has 0 fully saturated rings. The third-order valence-electron chi connectivity index (χ3n) is 6.77. The standard InChI is InChI=1S/C29H51N11O7/c1-15(2)9-19(30)25(43)40-22(11-18-12-33-14-36-18)26(44)35-13-23(41)38-21(10-16(3)4)27(45)37-17(5)24(42)39-20(28(46)47)7-6-8-34-29(31)32/h12,14-17,19-22H,6-11,13,30H2,1-5H3,(H,33,36)(H,35,44)(H,37,45)(H,38,41)(H,39,42)(H,40,43)(H,46,47)(H4,31,32,34)/t17-,19-,20-,21-,22-/m0/s1. The summed E-state index contributed by atoms with van der Waals surface area (Å²) in [6.45, 7) is 8.54. The lowest BCUT2D eigenvalue weighted by Crippen LogP contribution is -2.56. The fraction of sp³-hybridized carbons (Fsp3) is 0.655. The lowest BCUT2D eigenvalue weighted by atomic mass is 10.0. The summed E-state index contributed by atoms with van der Waals surface area (Å²) in [6.07, 6.45) is 3.94. The van der Waals surface area contributed by atoms with E-state index >= 15 is 0 Å². The van der Waals surface area contributed by atoms with Crippen LogP contribution in [-0.4, -0.2) is 99.8 Å². The Labute approximate surface area is 274 Å². The summed E-state index contributed by atoms with van der Waals surface area (Å²) < 4.78 is 0. The van der Waals surface area contributed by atoms with E-state index in [-0.39, 0.29) is 50.0 Å². The second-order valence-corrected chi connectivity index (χ2v) is 12.1. The molecule has 0 aromatic carbocycles. The van der Waals surface area contributed by atoms with Crippen molar-refractivity contribution >= 4 is 41.5 Å². The number of rotatable bonds is 21. The molecule has 1 heterocycles. The van der Waals surface area contributed by atoms with E-state index in [1.807, 2.05) is 27.7 Å². The van der Waals surface area contributed by atoms with Crippen LogP contribution in [0.5, 0.6) is 0 Å². The molecule has 47 heavy (non-hydrogen) atoms. The number of carboxylic acid groups (broad SMARTS) is 1. The van der Waals surface area contributed by atoms with Crippen LogP contribution in [0.3, 0.4) is 0 Å². The quantitative estimate of drug-likeness (QED) is 0.0374. The lowest BCUT2D eigenvalue weighted by Gasteiger charge is -2.24. The molecule has 0 aliphatic heterocycles. The van der Waals surface area contributed by atoms with Gasteiger partial charge in [-0.2, -0.15) is 0 Å². The molecule has 0 saturated carbocycles. The van der Waals surface area contributed by atoms with Crippen molar-refractivity contribution in [1.29, 1.82) is 0 Å². The minimum atomic E-state index is -1.27. The molecular weight excluding hydrogens is 614 g/mol. The number of aliphatic carboxylic acids is 1. The molecule has 0 unspecified atom stereocenters. The summed E-state index contributed by atoms with van der Waals surface area (Å²) in [5.41, 5.74) is 17.1. The number of H-pyrrole nitrogens is 1. The molecule has 5 atom stereocenters. The van der Waals surface area contributed by atoms with Crippen LogP contribution in [0, 0.1) is 11.8 Å². The Morgan fingerprint density at radius 3 is 2.04 bits per heavy atom. The van der Waals surface area contributed by atoms with Gasteiger partial charge in [0, 0.05) is 24.9 Å². The number of imidazole rings is 1. The van der Waals surface area contributed by atoms with Gasteiger partial charge in [0.25, 0.3) is 0 Å². The molecule has 0 saturated heterocycles. The van der Waals surface area contributed by atoms with Crippen molar-refractivity contribution in [2.24, 2.45) is 34.0 Å². The maximum Gasteiger partial charge on any atom is 0.326 e. The van der Waals surface area contributed by atoms with Crippen molar-refractivity contribution in [2.45, 2.75) is 96.9 Å². The first-order valence-corrected chi connectivity index (χ1v) is 15.5. The van der Waals surface area contributed by atoms with Gasteiger partial charge in [0.05, 0.1) is 18.9 Å². The Balaban J connectivity index is 2.82. The number of guanidine groups is 1. The van der Waals surface area contributed by atoms with Crippen molar-refractivity contribution in [1.82, 2.24) is 36.6 Å². The zero-order valence-corrected chi connectivity index (χ0v) is 27.7. The van der Waals surface area contributed by atoms with Gasteiger partial charge in [-0.05, 0) is 44.4 Å². The molecule has 18 heteroatoms. The number of hydrogen-bond acceptors (Lipinski definition) is 9. The number of aromatic amines is 1. The summed E-state index contributed by atoms with van der Waals surface area (Å²) >= 11 is 0. The van der Waals surface area contributed by atoms with Gasteiger partial charge in [-0.15, -0.1) is 0 Å². The van der Waals surface area contributed by atoms with Crippen LogP contribution in [0.1, 0.15) is 66.0 Å². The SMILES string of the molecule is CC(C)C[C@H](NC(=O)CNC(=O)[C@H](Cc1cnc[nH]1)NC(=O)[C@@H](N)CC(C)C)C(=O)N[C@@H](C)C(=O)N[C@@H](CCCN=C(N)N)C(=O)O. The second kappa shape index (κ2) is 20.4. The van der Waals surface area contributed by atoms with Gasteiger partial charge in [-0.1, -0.05) is 27.7 Å². The predicted molar refractivity (Wildman–Crippen MR) is 173 cm³/mol. The Morgan fingerprint density at radius 2 is 1.49 bits per heavy atom. The summed E-state index contributed by atoms with van der Waals surface area (Å²) in [5, 5.41) is 22.0. The van der Waals surface area contributed by atoms with Crippen molar-refractivity contribution in [3.63, 3.8) is 0 Å². The highest BCUT2D eigenvalue weighted by molar-refractivity contribution is 5.95. The third kappa shape index (κ3) is 16.4. The van der Waals surface area contributed by atoms with Crippen LogP contribution in [0.15, 0.2) is 17.5 Å². The molecule has 0 bridgehead atoms. The van der Waals surface area contributed by atoms with E-state index in [9.17, 15) is 33.9 Å². The number of carbonyl (C=O) groups is 6. The molecule has 5 amide bonds. The molecular formula is C29H51N11O7. The zero-order chi connectivity index (χ0) is 35.7. The van der Waals surface area contributed by atoms with Crippen LogP contribution in [-0.2, 0) is 35.2 Å². The Hall–Kier alpha value is -4.74. The van der Waals surface area contributed by atoms with Gasteiger partial charge >= 0.3 is 5.97 Å². The number of carbonyl (C=O) groups excluding carboxylic acids is 5. The highest BCUT2D eigenvalue weighted by atomic mass is 16.4. The predicted octanol–water partition coefficient (Wildman–Crippen LogP) is -2.41. The van der Waals surface area contributed by atoms with E-state index in [1.165, 1.54) is 19.4 Å².